The zero-order valence-corrected chi connectivity index (χ0v) is 15.5. The molecule has 23 heavy (non-hydrogen) atoms. The molecule has 1 N–H and O–H groups in total. The number of carbonyl (C=O) groups is 1. The third-order valence-corrected chi connectivity index (χ3v) is 4.53. The Balaban J connectivity index is 0.00000156. The summed E-state index contributed by atoms with van der Waals surface area (Å²) in [6, 6.07) is 15.8. The molecular weight excluding hydrogens is 422 g/mol. The molecule has 0 fully saturated rings. The highest BCUT2D eigenvalue weighted by Gasteiger charge is 2.29. The molecule has 4 nitrogen and oxygen atoms in total. The number of hydrogen-bond acceptors (Lipinski definition) is 2. The van der Waals surface area contributed by atoms with Crippen molar-refractivity contribution in [3.63, 3.8) is 0 Å². The van der Waals surface area contributed by atoms with Crippen LogP contribution in [0.15, 0.2) is 53.0 Å². The van der Waals surface area contributed by atoms with Crippen LogP contribution in [0.25, 0.3) is 11.0 Å². The van der Waals surface area contributed by atoms with E-state index in [9.17, 15) is 4.79 Å². The largest absolute Gasteiger partial charge is 1.00 e. The number of halogens is 2. The Labute approximate surface area is 153 Å². The van der Waals surface area contributed by atoms with E-state index >= 15 is 0 Å². The molecule has 2 aromatic carbocycles. The summed E-state index contributed by atoms with van der Waals surface area (Å²) in [5.74, 6) is 1.13. The highest BCUT2D eigenvalue weighted by Crippen LogP contribution is 2.21. The second-order valence-corrected chi connectivity index (χ2v) is 6.33. The van der Waals surface area contributed by atoms with E-state index in [1.807, 2.05) is 36.4 Å². The first-order valence-electron chi connectivity index (χ1n) is 7.28. The maximum absolute atomic E-state index is 12.6. The van der Waals surface area contributed by atoms with E-state index in [-0.39, 0.29) is 22.8 Å². The minimum atomic E-state index is 0. The maximum atomic E-state index is 12.6. The normalized spacial score (nSPS) is 12.6. The number of fused-ring (bicyclic) bond motifs is 3. The summed E-state index contributed by atoms with van der Waals surface area (Å²) in [4.78, 5) is 12.6. The number of nitrogens with zero attached hydrogens (tertiary/aromatic N) is 2. The molecular formula is C17H15Br2N3O. The van der Waals surface area contributed by atoms with Gasteiger partial charge < -0.3 is 17.0 Å². The molecule has 0 atom stereocenters. The highest BCUT2D eigenvalue weighted by atomic mass is 79.9. The van der Waals surface area contributed by atoms with Gasteiger partial charge in [0.15, 0.2) is 5.78 Å². The molecule has 0 unspecified atom stereocenters. The Morgan fingerprint density at radius 2 is 2.04 bits per heavy atom. The molecule has 0 bridgehead atoms. The van der Waals surface area contributed by atoms with E-state index in [4.69, 9.17) is 0 Å². The predicted molar refractivity (Wildman–Crippen MR) is 89.1 cm³/mol. The fourth-order valence-corrected chi connectivity index (χ4v) is 3.45. The lowest BCUT2D eigenvalue weighted by molar-refractivity contribution is -0.644. The molecule has 3 aromatic rings. The first-order chi connectivity index (χ1) is 10.7. The summed E-state index contributed by atoms with van der Waals surface area (Å²) >= 11 is 3.42. The second-order valence-electron chi connectivity index (χ2n) is 5.41. The third-order valence-electron chi connectivity index (χ3n) is 4.04. The molecule has 0 radical (unpaired) electrons. The van der Waals surface area contributed by atoms with Gasteiger partial charge in [0.25, 0.3) is 0 Å². The molecule has 2 heterocycles. The van der Waals surface area contributed by atoms with E-state index in [2.05, 4.69) is 42.5 Å². The van der Waals surface area contributed by atoms with Crippen molar-refractivity contribution < 1.29 is 26.3 Å². The topological polar surface area (TPSA) is 37.9 Å². The number of nitrogens with one attached hydrogen (secondary N) is 1. The van der Waals surface area contributed by atoms with Crippen molar-refractivity contribution in [2.24, 2.45) is 0 Å². The number of aromatic nitrogens is 2. The molecule has 1 aliphatic heterocycles. The fraction of sp³-hybridized carbons (Fsp3) is 0.176. The van der Waals surface area contributed by atoms with Crippen molar-refractivity contribution in [1.82, 2.24) is 4.57 Å². The number of para-hydroxylation sites is 2. The van der Waals surface area contributed by atoms with Gasteiger partial charge in [-0.3, -0.25) is 10.1 Å². The van der Waals surface area contributed by atoms with Crippen LogP contribution in [-0.2, 0) is 13.1 Å². The lowest BCUT2D eigenvalue weighted by Gasteiger charge is -2.03. The first-order valence-corrected chi connectivity index (χ1v) is 8.07. The average Bonchev–Trinajstić information content (AvgIpc) is 3.10. The van der Waals surface area contributed by atoms with Crippen LogP contribution in [0.4, 0.5) is 5.95 Å². The van der Waals surface area contributed by atoms with Gasteiger partial charge in [-0.25, -0.2) is 9.13 Å². The smallest absolute Gasteiger partial charge is 0.359 e. The molecule has 0 spiro atoms. The van der Waals surface area contributed by atoms with Gasteiger partial charge in [-0.2, -0.15) is 0 Å². The van der Waals surface area contributed by atoms with Crippen LogP contribution >= 0.6 is 15.9 Å². The first kappa shape index (κ1) is 16.2. The van der Waals surface area contributed by atoms with Gasteiger partial charge in [0.05, 0.1) is 6.54 Å². The summed E-state index contributed by atoms with van der Waals surface area (Å²) in [6.45, 7) is 2.19. The summed E-state index contributed by atoms with van der Waals surface area (Å²) in [6.07, 6.45) is 0. The summed E-state index contributed by atoms with van der Waals surface area (Å²) < 4.78 is 5.24. The molecule has 118 valence electrons. The molecule has 6 heteroatoms. The Morgan fingerprint density at radius 3 is 2.87 bits per heavy atom. The SMILES string of the molecule is O=C(Cn1c2[n+](c3ccccc31)CCN2)c1cccc(Br)c1.[Br-]. The minimum absolute atomic E-state index is 0. The van der Waals surface area contributed by atoms with Crippen LogP contribution in [0.5, 0.6) is 0 Å². The Morgan fingerprint density at radius 1 is 1.22 bits per heavy atom. The monoisotopic (exact) mass is 435 g/mol. The lowest BCUT2D eigenvalue weighted by atomic mass is 10.1. The van der Waals surface area contributed by atoms with Gasteiger partial charge in [0.2, 0.25) is 0 Å². The number of carbonyl (C=O) groups excluding carboxylic acids is 1. The van der Waals surface area contributed by atoms with Crippen LogP contribution < -0.4 is 26.9 Å². The van der Waals surface area contributed by atoms with Crippen LogP contribution in [0.2, 0.25) is 0 Å². The van der Waals surface area contributed by atoms with Crippen molar-refractivity contribution in [2.75, 3.05) is 11.9 Å². The van der Waals surface area contributed by atoms with Crippen LogP contribution in [0, 0.1) is 0 Å². The number of anilines is 1. The number of benzene rings is 2. The second kappa shape index (κ2) is 6.45. The Bertz CT molecular complexity index is 889. The van der Waals surface area contributed by atoms with Crippen molar-refractivity contribution >= 4 is 38.7 Å². The van der Waals surface area contributed by atoms with Gasteiger partial charge in [0, 0.05) is 10.0 Å². The predicted octanol–water partition coefficient (Wildman–Crippen LogP) is 0.00370. The number of Topliss-reactive ketones (excluding diaryl/α,β-unsaturated/α-hetero) is 1. The molecule has 0 amide bonds. The molecule has 1 aliphatic rings. The maximum Gasteiger partial charge on any atom is 0.359 e. The number of rotatable bonds is 3. The number of hydrogen-bond donors (Lipinski definition) is 1. The third kappa shape index (κ3) is 2.81. The van der Waals surface area contributed by atoms with Crippen LogP contribution in [-0.4, -0.2) is 16.9 Å². The zero-order chi connectivity index (χ0) is 15.1. The van der Waals surface area contributed by atoms with E-state index in [0.29, 0.717) is 6.54 Å². The van der Waals surface area contributed by atoms with Crippen LogP contribution in [0.3, 0.4) is 0 Å². The molecule has 0 saturated heterocycles. The van der Waals surface area contributed by atoms with Crippen molar-refractivity contribution in [1.29, 1.82) is 0 Å². The Hall–Kier alpha value is -1.66. The quantitative estimate of drug-likeness (QED) is 0.463. The highest BCUT2D eigenvalue weighted by molar-refractivity contribution is 9.10. The standard InChI is InChI=1S/C17H14BrN3O.BrH/c18-13-5-3-4-12(10-13)16(22)11-21-15-7-2-1-6-14(15)20-9-8-19-17(20)21;/h1-7,10H,8-9,11H2;1H. The molecule has 0 aliphatic carbocycles. The van der Waals surface area contributed by atoms with Crippen molar-refractivity contribution in [2.45, 2.75) is 13.1 Å². The summed E-state index contributed by atoms with van der Waals surface area (Å²) in [7, 11) is 0. The van der Waals surface area contributed by atoms with Gasteiger partial charge in [0.1, 0.15) is 24.1 Å². The summed E-state index contributed by atoms with van der Waals surface area (Å²) in [5, 5.41) is 3.39. The van der Waals surface area contributed by atoms with E-state index in [1.165, 1.54) is 5.52 Å². The average molecular weight is 437 g/mol. The van der Waals surface area contributed by atoms with Crippen LogP contribution in [0.1, 0.15) is 10.4 Å². The fourth-order valence-electron chi connectivity index (χ4n) is 3.05. The van der Waals surface area contributed by atoms with E-state index < -0.39 is 0 Å². The van der Waals surface area contributed by atoms with E-state index in [1.54, 1.807) is 0 Å². The minimum Gasteiger partial charge on any atom is -1.00 e. The van der Waals surface area contributed by atoms with Gasteiger partial charge in [-0.15, -0.1) is 0 Å². The molecule has 1 aromatic heterocycles. The van der Waals surface area contributed by atoms with Gasteiger partial charge >= 0.3 is 5.95 Å². The van der Waals surface area contributed by atoms with Gasteiger partial charge in [-0.05, 0) is 24.3 Å². The zero-order valence-electron chi connectivity index (χ0n) is 12.3. The number of imidazole rings is 1. The van der Waals surface area contributed by atoms with Gasteiger partial charge in [-0.1, -0.05) is 40.2 Å². The lowest BCUT2D eigenvalue weighted by Crippen LogP contribution is -3.00. The molecule has 0 saturated carbocycles. The summed E-state index contributed by atoms with van der Waals surface area (Å²) in [5.41, 5.74) is 2.99. The number of ketones is 1. The van der Waals surface area contributed by atoms with Crippen molar-refractivity contribution in [3.05, 3.63) is 58.6 Å². The molecule has 4 rings (SSSR count). The van der Waals surface area contributed by atoms with Crippen molar-refractivity contribution in [3.8, 4) is 0 Å². The van der Waals surface area contributed by atoms with E-state index in [0.717, 1.165) is 34.6 Å². The Kier molecular flexibility index (Phi) is 4.55.